The summed E-state index contributed by atoms with van der Waals surface area (Å²) in [5, 5.41) is 2.89. The molecule has 5 nitrogen and oxygen atoms in total. The van der Waals surface area contributed by atoms with Crippen LogP contribution >= 0.6 is 0 Å². The molecule has 1 heterocycles. The number of amides is 1. The molecular formula is C16H21N3O2. The molecule has 2 aromatic rings. The summed E-state index contributed by atoms with van der Waals surface area (Å²) in [6.07, 6.45) is 3.10. The first-order valence-corrected chi connectivity index (χ1v) is 6.88. The highest BCUT2D eigenvalue weighted by Gasteiger charge is 2.24. The van der Waals surface area contributed by atoms with Crippen molar-refractivity contribution < 1.29 is 9.53 Å². The predicted molar refractivity (Wildman–Crippen MR) is 80.9 cm³/mol. The maximum Gasteiger partial charge on any atom is 0.408 e. The largest absolute Gasteiger partial charge is 0.444 e. The van der Waals surface area contributed by atoms with Gasteiger partial charge in [0, 0.05) is 19.4 Å². The van der Waals surface area contributed by atoms with Crippen LogP contribution < -0.4 is 5.32 Å². The van der Waals surface area contributed by atoms with E-state index in [0.29, 0.717) is 0 Å². The maximum absolute atomic E-state index is 12.1. The summed E-state index contributed by atoms with van der Waals surface area (Å²) in [6, 6.07) is 9.37. The maximum atomic E-state index is 12.1. The third kappa shape index (κ3) is 4.08. The second-order valence-electron chi connectivity index (χ2n) is 5.89. The van der Waals surface area contributed by atoms with E-state index in [9.17, 15) is 4.79 Å². The molecule has 2 rings (SSSR count). The molecule has 1 unspecified atom stereocenters. The van der Waals surface area contributed by atoms with Gasteiger partial charge in [-0.2, -0.15) is 0 Å². The van der Waals surface area contributed by atoms with Crippen molar-refractivity contribution in [2.45, 2.75) is 32.4 Å². The van der Waals surface area contributed by atoms with Crippen LogP contribution in [0.25, 0.3) is 0 Å². The highest BCUT2D eigenvalue weighted by Crippen LogP contribution is 2.21. The number of rotatable bonds is 3. The van der Waals surface area contributed by atoms with Crippen LogP contribution in [0.1, 0.15) is 38.2 Å². The van der Waals surface area contributed by atoms with Crippen LogP contribution in [0, 0.1) is 0 Å². The zero-order valence-electron chi connectivity index (χ0n) is 12.8. The highest BCUT2D eigenvalue weighted by atomic mass is 16.6. The van der Waals surface area contributed by atoms with Crippen LogP contribution in [0.4, 0.5) is 4.79 Å². The zero-order valence-corrected chi connectivity index (χ0v) is 12.8. The monoisotopic (exact) mass is 287 g/mol. The van der Waals surface area contributed by atoms with Gasteiger partial charge in [-0.3, -0.25) is 0 Å². The molecule has 1 aromatic heterocycles. The first-order chi connectivity index (χ1) is 9.87. The SMILES string of the molecule is Cn1ccnc1C(NC(=O)OC(C)(C)C)c1ccccc1. The number of benzene rings is 1. The third-order valence-electron chi connectivity index (χ3n) is 2.91. The predicted octanol–water partition coefficient (Wildman–Crippen LogP) is 3.03. The molecule has 0 saturated heterocycles. The summed E-state index contributed by atoms with van der Waals surface area (Å²) in [7, 11) is 1.90. The molecule has 112 valence electrons. The number of ether oxygens (including phenoxy) is 1. The van der Waals surface area contributed by atoms with Gasteiger partial charge in [0.2, 0.25) is 0 Å². The Morgan fingerprint density at radius 2 is 1.95 bits per heavy atom. The lowest BCUT2D eigenvalue weighted by atomic mass is 10.1. The van der Waals surface area contributed by atoms with E-state index in [1.807, 2.05) is 68.9 Å². The Balaban J connectivity index is 2.26. The fourth-order valence-corrected chi connectivity index (χ4v) is 2.02. The fraction of sp³-hybridized carbons (Fsp3) is 0.375. The molecule has 0 aliphatic carbocycles. The van der Waals surface area contributed by atoms with E-state index < -0.39 is 11.7 Å². The molecule has 1 aromatic carbocycles. The lowest BCUT2D eigenvalue weighted by molar-refractivity contribution is 0.0510. The standard InChI is InChI=1S/C16H21N3O2/c1-16(2,3)21-15(20)18-13(12-8-6-5-7-9-12)14-17-10-11-19(14)4/h5-11,13H,1-4H3,(H,18,20). The summed E-state index contributed by atoms with van der Waals surface area (Å²) < 4.78 is 7.22. The first kappa shape index (κ1) is 15.1. The van der Waals surface area contributed by atoms with Gasteiger partial charge in [-0.15, -0.1) is 0 Å². The Labute approximate surface area is 125 Å². The molecule has 21 heavy (non-hydrogen) atoms. The normalized spacial score (nSPS) is 12.8. The molecule has 1 N–H and O–H groups in total. The lowest BCUT2D eigenvalue weighted by Gasteiger charge is -2.23. The van der Waals surface area contributed by atoms with Crippen molar-refractivity contribution in [3.8, 4) is 0 Å². The fourth-order valence-electron chi connectivity index (χ4n) is 2.02. The van der Waals surface area contributed by atoms with Gasteiger partial charge in [-0.05, 0) is 26.3 Å². The summed E-state index contributed by atoms with van der Waals surface area (Å²) in [4.78, 5) is 16.4. The van der Waals surface area contributed by atoms with E-state index in [1.54, 1.807) is 6.20 Å². The van der Waals surface area contributed by atoms with Crippen LogP contribution in [0.3, 0.4) is 0 Å². The molecular weight excluding hydrogens is 266 g/mol. The number of nitrogens with zero attached hydrogens (tertiary/aromatic N) is 2. The Hall–Kier alpha value is -2.30. The minimum Gasteiger partial charge on any atom is -0.444 e. The number of aryl methyl sites for hydroxylation is 1. The summed E-state index contributed by atoms with van der Waals surface area (Å²) in [5.41, 5.74) is 0.421. The van der Waals surface area contributed by atoms with Gasteiger partial charge in [-0.1, -0.05) is 30.3 Å². The highest BCUT2D eigenvalue weighted by molar-refractivity contribution is 5.69. The van der Waals surface area contributed by atoms with Crippen LogP contribution in [-0.2, 0) is 11.8 Å². The number of nitrogens with one attached hydrogen (secondary N) is 1. The van der Waals surface area contributed by atoms with Crippen molar-refractivity contribution in [2.24, 2.45) is 7.05 Å². The molecule has 0 aliphatic rings. The van der Waals surface area contributed by atoms with Gasteiger partial charge in [0.05, 0.1) is 0 Å². The van der Waals surface area contributed by atoms with E-state index in [0.717, 1.165) is 11.4 Å². The molecule has 1 atom stereocenters. The Morgan fingerprint density at radius 3 is 2.48 bits per heavy atom. The van der Waals surface area contributed by atoms with E-state index in [4.69, 9.17) is 4.74 Å². The summed E-state index contributed by atoms with van der Waals surface area (Å²) in [6.45, 7) is 5.51. The topological polar surface area (TPSA) is 56.2 Å². The van der Waals surface area contributed by atoms with E-state index >= 15 is 0 Å². The number of carbonyl (C=O) groups is 1. The van der Waals surface area contributed by atoms with Crippen LogP contribution in [0.5, 0.6) is 0 Å². The number of hydrogen-bond donors (Lipinski definition) is 1. The van der Waals surface area contributed by atoms with Crippen molar-refractivity contribution in [1.29, 1.82) is 0 Å². The zero-order chi connectivity index (χ0) is 15.5. The molecule has 5 heteroatoms. The van der Waals surface area contributed by atoms with Gasteiger partial charge in [0.1, 0.15) is 17.5 Å². The summed E-state index contributed by atoms with van der Waals surface area (Å²) in [5.74, 6) is 0.757. The molecule has 0 fully saturated rings. The van der Waals surface area contributed by atoms with Crippen molar-refractivity contribution in [3.05, 3.63) is 54.1 Å². The third-order valence-corrected chi connectivity index (χ3v) is 2.91. The van der Waals surface area contributed by atoms with Crippen molar-refractivity contribution in [3.63, 3.8) is 0 Å². The molecule has 0 bridgehead atoms. The van der Waals surface area contributed by atoms with Crippen molar-refractivity contribution >= 4 is 6.09 Å². The van der Waals surface area contributed by atoms with Crippen LogP contribution in [-0.4, -0.2) is 21.2 Å². The quantitative estimate of drug-likeness (QED) is 0.944. The minimum absolute atomic E-state index is 0.346. The number of hydrogen-bond acceptors (Lipinski definition) is 3. The Kier molecular flexibility index (Phi) is 4.31. The molecule has 1 amide bonds. The van der Waals surface area contributed by atoms with Gasteiger partial charge in [0.25, 0.3) is 0 Å². The summed E-state index contributed by atoms with van der Waals surface area (Å²) >= 11 is 0. The average molecular weight is 287 g/mol. The van der Waals surface area contributed by atoms with Crippen LogP contribution in [0.15, 0.2) is 42.7 Å². The number of aromatic nitrogens is 2. The van der Waals surface area contributed by atoms with E-state index in [-0.39, 0.29) is 6.04 Å². The molecule has 0 spiro atoms. The molecule has 0 radical (unpaired) electrons. The second-order valence-corrected chi connectivity index (χ2v) is 5.89. The number of carbonyl (C=O) groups excluding carboxylic acids is 1. The number of imidazole rings is 1. The van der Waals surface area contributed by atoms with Gasteiger partial charge in [-0.25, -0.2) is 9.78 Å². The van der Waals surface area contributed by atoms with E-state index in [2.05, 4.69) is 10.3 Å². The van der Waals surface area contributed by atoms with Crippen molar-refractivity contribution in [2.75, 3.05) is 0 Å². The van der Waals surface area contributed by atoms with Gasteiger partial charge < -0.3 is 14.6 Å². The first-order valence-electron chi connectivity index (χ1n) is 6.88. The lowest BCUT2D eigenvalue weighted by Crippen LogP contribution is -2.36. The Morgan fingerprint density at radius 1 is 1.29 bits per heavy atom. The second kappa shape index (κ2) is 5.99. The van der Waals surface area contributed by atoms with Gasteiger partial charge in [0.15, 0.2) is 0 Å². The minimum atomic E-state index is -0.535. The number of alkyl carbamates (subject to hydrolysis) is 1. The van der Waals surface area contributed by atoms with Crippen LogP contribution in [0.2, 0.25) is 0 Å². The van der Waals surface area contributed by atoms with Gasteiger partial charge >= 0.3 is 6.09 Å². The molecule has 0 saturated carbocycles. The van der Waals surface area contributed by atoms with Crippen molar-refractivity contribution in [1.82, 2.24) is 14.9 Å². The molecule has 0 aliphatic heterocycles. The average Bonchev–Trinajstić information content (AvgIpc) is 2.81. The Bertz CT molecular complexity index is 599. The smallest absolute Gasteiger partial charge is 0.408 e. The van der Waals surface area contributed by atoms with E-state index in [1.165, 1.54) is 0 Å².